The first-order chi connectivity index (χ1) is 7.37. The summed E-state index contributed by atoms with van der Waals surface area (Å²) >= 11 is 3.26. The zero-order valence-electron chi connectivity index (χ0n) is 10.5. The zero-order chi connectivity index (χ0) is 13.9. The highest BCUT2D eigenvalue weighted by Crippen LogP contribution is 2.23. The largest absolute Gasteiger partial charge is 0.228 e. The van der Waals surface area contributed by atoms with Gasteiger partial charge >= 0.3 is 0 Å². The van der Waals surface area contributed by atoms with E-state index in [-0.39, 0.29) is 11.5 Å². The molecule has 0 aromatic carbocycles. The third-order valence-corrected chi connectivity index (χ3v) is 6.19. The summed E-state index contributed by atoms with van der Waals surface area (Å²) in [5.41, 5.74) is -0.266. The van der Waals surface area contributed by atoms with Crippen molar-refractivity contribution in [3.63, 3.8) is 0 Å². The first-order valence-electron chi connectivity index (χ1n) is 5.11. The summed E-state index contributed by atoms with van der Waals surface area (Å²) in [7, 11) is -7.35. The monoisotopic (exact) mass is 349 g/mol. The van der Waals surface area contributed by atoms with Gasteiger partial charge in [-0.1, -0.05) is 36.7 Å². The molecule has 0 aliphatic carbocycles. The van der Waals surface area contributed by atoms with Crippen LogP contribution in [0, 0.1) is 5.41 Å². The highest BCUT2D eigenvalue weighted by molar-refractivity contribution is 9.09. The maximum Gasteiger partial charge on any atom is 0.226 e. The molecule has 0 radical (unpaired) electrons. The molecule has 0 aliphatic rings. The second kappa shape index (κ2) is 5.99. The summed E-state index contributed by atoms with van der Waals surface area (Å²) in [6, 6.07) is -0.298. The van der Waals surface area contributed by atoms with E-state index in [2.05, 4.69) is 20.7 Å². The van der Waals surface area contributed by atoms with Crippen LogP contribution in [0.25, 0.3) is 0 Å². The van der Waals surface area contributed by atoms with Crippen molar-refractivity contribution in [1.82, 2.24) is 4.72 Å². The number of sulfone groups is 1. The fourth-order valence-corrected chi connectivity index (χ4v) is 5.20. The Kier molecular flexibility index (Phi) is 6.11. The molecule has 1 N–H and O–H groups in total. The molecule has 0 fully saturated rings. The fourth-order valence-electron chi connectivity index (χ4n) is 1.31. The second-order valence-electron chi connectivity index (χ2n) is 5.17. The van der Waals surface area contributed by atoms with Gasteiger partial charge in [-0.3, -0.25) is 0 Å². The lowest BCUT2D eigenvalue weighted by atomic mass is 9.86. The number of alkyl halides is 1. The van der Waals surface area contributed by atoms with Crippen LogP contribution in [-0.4, -0.2) is 39.5 Å². The third-order valence-electron chi connectivity index (χ3n) is 2.13. The molecule has 0 saturated heterocycles. The van der Waals surface area contributed by atoms with Gasteiger partial charge in [-0.25, -0.2) is 21.6 Å². The predicted molar refractivity (Wildman–Crippen MR) is 73.4 cm³/mol. The van der Waals surface area contributed by atoms with Crippen LogP contribution in [0.4, 0.5) is 0 Å². The molecule has 0 heterocycles. The Morgan fingerprint density at radius 1 is 1.18 bits per heavy atom. The molecule has 1 unspecified atom stereocenters. The molecule has 0 amide bonds. The lowest BCUT2D eigenvalue weighted by Gasteiger charge is -2.30. The minimum Gasteiger partial charge on any atom is -0.228 e. The smallest absolute Gasteiger partial charge is 0.226 e. The number of nitrogens with one attached hydrogen (secondary N) is 1. The zero-order valence-corrected chi connectivity index (χ0v) is 13.7. The highest BCUT2D eigenvalue weighted by Gasteiger charge is 2.29. The van der Waals surface area contributed by atoms with E-state index in [9.17, 15) is 16.8 Å². The van der Waals surface area contributed by atoms with E-state index in [4.69, 9.17) is 0 Å². The van der Waals surface area contributed by atoms with E-state index < -0.39 is 24.9 Å². The van der Waals surface area contributed by atoms with E-state index in [0.29, 0.717) is 11.8 Å². The third kappa shape index (κ3) is 8.12. The summed E-state index contributed by atoms with van der Waals surface area (Å²) < 4.78 is 47.8. The van der Waals surface area contributed by atoms with Crippen molar-refractivity contribution in [2.24, 2.45) is 5.41 Å². The number of hydrogen-bond acceptors (Lipinski definition) is 4. The van der Waals surface area contributed by atoms with Crippen LogP contribution in [0.3, 0.4) is 0 Å². The van der Waals surface area contributed by atoms with Crippen molar-refractivity contribution >= 4 is 35.8 Å². The van der Waals surface area contributed by atoms with E-state index in [1.54, 1.807) is 0 Å². The quantitative estimate of drug-likeness (QED) is 0.728. The van der Waals surface area contributed by atoms with Crippen molar-refractivity contribution in [3.05, 3.63) is 0 Å². The highest BCUT2D eigenvalue weighted by atomic mass is 79.9. The topological polar surface area (TPSA) is 80.3 Å². The van der Waals surface area contributed by atoms with Gasteiger partial charge in [0.05, 0.1) is 0 Å². The molecule has 17 heavy (non-hydrogen) atoms. The summed E-state index contributed by atoms with van der Waals surface area (Å²) in [5.74, 6) is 0. The van der Waals surface area contributed by atoms with Crippen LogP contribution in [0.5, 0.6) is 0 Å². The Morgan fingerprint density at radius 3 is 1.94 bits per heavy atom. The Hall–Kier alpha value is 0.340. The molecular formula is C9H20BrNO4S2. The van der Waals surface area contributed by atoms with Crippen molar-refractivity contribution in [3.8, 4) is 0 Å². The van der Waals surface area contributed by atoms with E-state index in [0.717, 1.165) is 6.26 Å². The van der Waals surface area contributed by atoms with Crippen molar-refractivity contribution in [1.29, 1.82) is 0 Å². The molecule has 104 valence electrons. The van der Waals surface area contributed by atoms with Crippen molar-refractivity contribution in [2.45, 2.75) is 33.2 Å². The van der Waals surface area contributed by atoms with Crippen LogP contribution in [0.15, 0.2) is 0 Å². The molecule has 5 nitrogen and oxygen atoms in total. The predicted octanol–water partition coefficient (Wildman–Crippen LogP) is 1.11. The maximum absolute atomic E-state index is 11.7. The molecule has 0 aromatic heterocycles. The fraction of sp³-hybridized carbons (Fsp3) is 1.00. The Morgan fingerprint density at radius 2 is 1.65 bits per heavy atom. The van der Waals surface area contributed by atoms with E-state index in [1.807, 2.05) is 20.8 Å². The van der Waals surface area contributed by atoms with Crippen LogP contribution < -0.4 is 4.72 Å². The molecule has 1 atom stereocenters. The van der Waals surface area contributed by atoms with Gasteiger partial charge in [0.2, 0.25) is 10.0 Å². The van der Waals surface area contributed by atoms with Gasteiger partial charge < -0.3 is 0 Å². The van der Waals surface area contributed by atoms with E-state index >= 15 is 0 Å². The van der Waals surface area contributed by atoms with Crippen LogP contribution in [-0.2, 0) is 19.9 Å². The maximum atomic E-state index is 11.7. The number of sulfonamides is 1. The summed E-state index contributed by atoms with van der Waals surface area (Å²) in [4.78, 5) is 0. The standard InChI is InChI=1S/C9H20BrNO4S2/c1-9(2,3)8(5-6-10)11-17(14,15)7-16(4,12)13/h8,11H,5-7H2,1-4H3. The molecule has 0 spiro atoms. The summed E-state index contributed by atoms with van der Waals surface area (Å²) in [5, 5.41) is -0.217. The Balaban J connectivity index is 4.89. The van der Waals surface area contributed by atoms with E-state index in [1.165, 1.54) is 0 Å². The normalized spacial score (nSPS) is 15.8. The van der Waals surface area contributed by atoms with Gasteiger partial charge in [-0.2, -0.15) is 0 Å². The van der Waals surface area contributed by atoms with Gasteiger partial charge in [0, 0.05) is 17.6 Å². The van der Waals surface area contributed by atoms with Crippen LogP contribution in [0.1, 0.15) is 27.2 Å². The molecule has 0 rings (SSSR count). The molecule has 0 aliphatic heterocycles. The molecule has 0 saturated carbocycles. The molecule has 0 aromatic rings. The second-order valence-corrected chi connectivity index (χ2v) is 10.2. The van der Waals surface area contributed by atoms with Crippen molar-refractivity contribution < 1.29 is 16.8 Å². The average Bonchev–Trinajstić information content (AvgIpc) is 1.96. The molecule has 0 bridgehead atoms. The number of halogens is 1. The Bertz CT molecular complexity index is 436. The molecular weight excluding hydrogens is 330 g/mol. The van der Waals surface area contributed by atoms with Gasteiger partial charge in [0.25, 0.3) is 0 Å². The molecule has 8 heteroatoms. The van der Waals surface area contributed by atoms with Gasteiger partial charge in [0.15, 0.2) is 14.9 Å². The van der Waals surface area contributed by atoms with Gasteiger partial charge in [-0.05, 0) is 11.8 Å². The summed E-state index contributed by atoms with van der Waals surface area (Å²) in [6.07, 6.45) is 1.51. The lowest BCUT2D eigenvalue weighted by Crippen LogP contribution is -2.45. The average molecular weight is 350 g/mol. The number of rotatable bonds is 6. The summed E-state index contributed by atoms with van der Waals surface area (Å²) in [6.45, 7) is 5.72. The lowest BCUT2D eigenvalue weighted by molar-refractivity contribution is 0.294. The first-order valence-corrected chi connectivity index (χ1v) is 9.94. The van der Waals surface area contributed by atoms with Gasteiger partial charge in [-0.15, -0.1) is 0 Å². The SMILES string of the molecule is CC(C)(C)C(CCBr)NS(=O)(=O)CS(C)(=O)=O. The van der Waals surface area contributed by atoms with Crippen LogP contribution >= 0.6 is 15.9 Å². The minimum absolute atomic E-state index is 0.266. The van der Waals surface area contributed by atoms with Crippen LogP contribution in [0.2, 0.25) is 0 Å². The number of hydrogen-bond donors (Lipinski definition) is 1. The minimum atomic E-state index is -3.80. The van der Waals surface area contributed by atoms with Gasteiger partial charge in [0.1, 0.15) is 0 Å². The Labute approximate surface area is 112 Å². The first kappa shape index (κ1) is 17.3. The van der Waals surface area contributed by atoms with Crippen molar-refractivity contribution in [2.75, 3.05) is 16.7 Å².